The van der Waals surface area contributed by atoms with E-state index in [1.807, 2.05) is 4.57 Å². The van der Waals surface area contributed by atoms with Crippen LogP contribution in [0.4, 0.5) is 15.8 Å². The molecule has 1 saturated carbocycles. The second kappa shape index (κ2) is 9.62. The molecule has 2 aromatic carbocycles. The summed E-state index contributed by atoms with van der Waals surface area (Å²) in [6, 6.07) is 11.3. The summed E-state index contributed by atoms with van der Waals surface area (Å²) in [5, 5.41) is 14.1. The number of hydrogen-bond acceptors (Lipinski definition) is 5. The molecule has 1 aliphatic heterocycles. The Kier molecular flexibility index (Phi) is 6.24. The second-order valence-electron chi connectivity index (χ2n) is 8.72. The van der Waals surface area contributed by atoms with Gasteiger partial charge in [-0.1, -0.05) is 12.5 Å². The maximum absolute atomic E-state index is 14.6. The zero-order valence-electron chi connectivity index (χ0n) is 18.7. The molecule has 2 amide bonds. The van der Waals surface area contributed by atoms with Gasteiger partial charge in [0.1, 0.15) is 17.4 Å². The van der Waals surface area contributed by atoms with Crippen molar-refractivity contribution in [2.75, 3.05) is 17.2 Å². The fourth-order valence-corrected chi connectivity index (χ4v) is 4.06. The van der Waals surface area contributed by atoms with Crippen LogP contribution in [-0.4, -0.2) is 33.2 Å². The van der Waals surface area contributed by atoms with Gasteiger partial charge in [0.25, 0.3) is 5.91 Å². The summed E-state index contributed by atoms with van der Waals surface area (Å²) in [6.45, 7) is 0.523. The normalized spacial score (nSPS) is 15.2. The average Bonchev–Trinajstić information content (AvgIpc) is 3.65. The van der Waals surface area contributed by atoms with E-state index in [2.05, 4.69) is 20.8 Å². The number of carbonyl (C=O) groups is 2. The number of fused-ring (bicyclic) bond motifs is 1. The van der Waals surface area contributed by atoms with Crippen molar-refractivity contribution in [2.24, 2.45) is 5.92 Å². The van der Waals surface area contributed by atoms with Crippen LogP contribution >= 0.6 is 0 Å². The Morgan fingerprint density at radius 2 is 1.88 bits per heavy atom. The van der Waals surface area contributed by atoms with Gasteiger partial charge in [0.2, 0.25) is 5.91 Å². The molecule has 1 aliphatic carbocycles. The van der Waals surface area contributed by atoms with Crippen LogP contribution < -0.4 is 15.4 Å². The standard InChI is InChI=1S/C25H26FN5O3/c26-21-11-10-18(14-20(21)24-30-29-22-7-2-1-3-12-31(22)24)27-23(32)15-34-19-6-4-5-17(13-19)28-25(33)16-8-9-16/h4-6,10-11,13-14,16H,1-3,7-9,12,15H2,(H,27,32)(H,28,33). The maximum Gasteiger partial charge on any atom is 0.262 e. The molecular formula is C25H26FN5O3. The van der Waals surface area contributed by atoms with E-state index in [1.165, 1.54) is 12.1 Å². The van der Waals surface area contributed by atoms with Crippen molar-refractivity contribution < 1.29 is 18.7 Å². The molecule has 2 heterocycles. The quantitative estimate of drug-likeness (QED) is 0.548. The Morgan fingerprint density at radius 3 is 2.74 bits per heavy atom. The summed E-state index contributed by atoms with van der Waals surface area (Å²) in [5.41, 5.74) is 1.38. The third-order valence-corrected chi connectivity index (χ3v) is 6.02. The van der Waals surface area contributed by atoms with Crippen LogP contribution in [0.25, 0.3) is 11.4 Å². The second-order valence-corrected chi connectivity index (χ2v) is 8.72. The first kappa shape index (κ1) is 22.1. The Morgan fingerprint density at radius 1 is 1.03 bits per heavy atom. The lowest BCUT2D eigenvalue weighted by Crippen LogP contribution is -2.20. The molecule has 2 aliphatic rings. The number of aryl methyl sites for hydroxylation is 1. The van der Waals surface area contributed by atoms with Gasteiger partial charge in [0.05, 0.1) is 5.56 Å². The highest BCUT2D eigenvalue weighted by Crippen LogP contribution is 2.31. The van der Waals surface area contributed by atoms with Crippen molar-refractivity contribution in [2.45, 2.75) is 45.1 Å². The van der Waals surface area contributed by atoms with E-state index in [4.69, 9.17) is 4.74 Å². The third kappa shape index (κ3) is 5.08. The lowest BCUT2D eigenvalue weighted by Gasteiger charge is -2.11. The van der Waals surface area contributed by atoms with Gasteiger partial charge < -0.3 is 19.9 Å². The smallest absolute Gasteiger partial charge is 0.262 e. The number of aromatic nitrogens is 3. The minimum atomic E-state index is -0.418. The molecule has 0 unspecified atom stereocenters. The van der Waals surface area contributed by atoms with Crippen molar-refractivity contribution in [3.8, 4) is 17.1 Å². The highest BCUT2D eigenvalue weighted by atomic mass is 19.1. The zero-order chi connectivity index (χ0) is 23.5. The molecule has 8 nitrogen and oxygen atoms in total. The van der Waals surface area contributed by atoms with Crippen molar-refractivity contribution >= 4 is 23.2 Å². The third-order valence-electron chi connectivity index (χ3n) is 6.02. The van der Waals surface area contributed by atoms with E-state index >= 15 is 0 Å². The minimum Gasteiger partial charge on any atom is -0.484 e. The summed E-state index contributed by atoms with van der Waals surface area (Å²) in [5.74, 6) is 1.12. The number of rotatable bonds is 7. The number of nitrogens with one attached hydrogen (secondary N) is 2. The molecule has 0 spiro atoms. The van der Waals surface area contributed by atoms with Crippen LogP contribution in [0.3, 0.4) is 0 Å². The topological polar surface area (TPSA) is 98.1 Å². The Balaban J connectivity index is 1.23. The van der Waals surface area contributed by atoms with Crippen LogP contribution in [0.2, 0.25) is 0 Å². The fourth-order valence-electron chi connectivity index (χ4n) is 4.06. The monoisotopic (exact) mass is 463 g/mol. The highest BCUT2D eigenvalue weighted by molar-refractivity contribution is 5.94. The molecule has 5 rings (SSSR count). The number of carbonyl (C=O) groups excluding carboxylic acids is 2. The van der Waals surface area contributed by atoms with E-state index in [1.54, 1.807) is 30.3 Å². The van der Waals surface area contributed by atoms with Gasteiger partial charge in [0.15, 0.2) is 12.4 Å². The molecule has 176 valence electrons. The maximum atomic E-state index is 14.6. The van der Waals surface area contributed by atoms with Crippen LogP contribution in [0.1, 0.15) is 37.9 Å². The number of amides is 2. The number of nitrogens with zero attached hydrogens (tertiary/aromatic N) is 3. The van der Waals surface area contributed by atoms with E-state index in [0.717, 1.165) is 50.9 Å². The van der Waals surface area contributed by atoms with Gasteiger partial charge in [-0.05, 0) is 56.0 Å². The van der Waals surface area contributed by atoms with Crippen LogP contribution in [0.5, 0.6) is 5.75 Å². The largest absolute Gasteiger partial charge is 0.484 e. The number of halogens is 1. The number of hydrogen-bond donors (Lipinski definition) is 2. The number of anilines is 2. The molecule has 0 bridgehead atoms. The lowest BCUT2D eigenvalue weighted by molar-refractivity contribution is -0.118. The Labute approximate surface area is 196 Å². The molecule has 3 aromatic rings. The van der Waals surface area contributed by atoms with Crippen LogP contribution in [0, 0.1) is 11.7 Å². The van der Waals surface area contributed by atoms with Gasteiger partial charge in [0, 0.05) is 36.3 Å². The van der Waals surface area contributed by atoms with E-state index in [0.29, 0.717) is 28.5 Å². The summed E-state index contributed by atoms with van der Waals surface area (Å²) in [7, 11) is 0. The predicted octanol–water partition coefficient (Wildman–Crippen LogP) is 4.18. The molecular weight excluding hydrogens is 437 g/mol. The van der Waals surface area contributed by atoms with Crippen LogP contribution in [-0.2, 0) is 22.6 Å². The average molecular weight is 464 g/mol. The molecule has 0 atom stereocenters. The SMILES string of the molecule is O=C(COc1cccc(NC(=O)C2CC2)c1)Nc1ccc(F)c(-c2nnc3n2CCCCC3)c1. The molecule has 2 N–H and O–H groups in total. The van der Waals surface area contributed by atoms with Crippen molar-refractivity contribution in [3.05, 3.63) is 54.1 Å². The lowest BCUT2D eigenvalue weighted by atomic mass is 10.1. The molecule has 34 heavy (non-hydrogen) atoms. The Hall–Kier alpha value is -3.75. The molecule has 1 fully saturated rings. The number of benzene rings is 2. The van der Waals surface area contributed by atoms with Crippen molar-refractivity contribution in [1.82, 2.24) is 14.8 Å². The minimum absolute atomic E-state index is 0.00608. The first-order valence-corrected chi connectivity index (χ1v) is 11.6. The van der Waals surface area contributed by atoms with E-state index in [-0.39, 0.29) is 24.3 Å². The first-order valence-electron chi connectivity index (χ1n) is 11.6. The summed E-state index contributed by atoms with van der Waals surface area (Å²) in [6.07, 6.45) is 5.83. The van der Waals surface area contributed by atoms with Crippen molar-refractivity contribution in [3.63, 3.8) is 0 Å². The van der Waals surface area contributed by atoms with Gasteiger partial charge >= 0.3 is 0 Å². The van der Waals surface area contributed by atoms with E-state index < -0.39 is 5.82 Å². The molecule has 1 aromatic heterocycles. The van der Waals surface area contributed by atoms with Gasteiger partial charge in [-0.2, -0.15) is 0 Å². The van der Waals surface area contributed by atoms with Gasteiger partial charge in [-0.25, -0.2) is 4.39 Å². The summed E-state index contributed by atoms with van der Waals surface area (Å²) >= 11 is 0. The molecule has 9 heteroatoms. The number of ether oxygens (including phenoxy) is 1. The summed E-state index contributed by atoms with van der Waals surface area (Å²) < 4.78 is 22.2. The predicted molar refractivity (Wildman–Crippen MR) is 125 cm³/mol. The molecule has 0 radical (unpaired) electrons. The summed E-state index contributed by atoms with van der Waals surface area (Å²) in [4.78, 5) is 24.4. The van der Waals surface area contributed by atoms with Crippen LogP contribution in [0.15, 0.2) is 42.5 Å². The first-order chi connectivity index (χ1) is 16.6. The van der Waals surface area contributed by atoms with Crippen molar-refractivity contribution in [1.29, 1.82) is 0 Å². The zero-order valence-corrected chi connectivity index (χ0v) is 18.7. The van der Waals surface area contributed by atoms with Gasteiger partial charge in [-0.3, -0.25) is 9.59 Å². The highest BCUT2D eigenvalue weighted by Gasteiger charge is 2.29. The van der Waals surface area contributed by atoms with E-state index in [9.17, 15) is 14.0 Å². The fraction of sp³-hybridized carbons (Fsp3) is 0.360. The van der Waals surface area contributed by atoms with Gasteiger partial charge in [-0.15, -0.1) is 10.2 Å². The molecule has 0 saturated heterocycles. The Bertz CT molecular complexity index is 1220.